The van der Waals surface area contributed by atoms with Crippen LogP contribution in [0.5, 0.6) is 5.75 Å². The molecule has 0 amide bonds. The molecule has 0 atom stereocenters. The lowest BCUT2D eigenvalue weighted by molar-refractivity contribution is 0.102. The highest BCUT2D eigenvalue weighted by molar-refractivity contribution is 7.99. The Morgan fingerprint density at radius 1 is 1.13 bits per heavy atom. The van der Waals surface area contributed by atoms with Crippen LogP contribution in [0.15, 0.2) is 70.9 Å². The second kappa shape index (κ2) is 8.73. The number of ketones is 1. The molecule has 30 heavy (non-hydrogen) atoms. The van der Waals surface area contributed by atoms with Crippen molar-refractivity contribution in [1.82, 2.24) is 19.2 Å². The Bertz CT molecular complexity index is 1270. The SMILES string of the molecule is CCOc1ccc(-n2ccn3c(SCC(=O)c4cccc(Cl)c4)nnc3c2=O)cc1. The maximum atomic E-state index is 12.9. The number of hydrogen-bond donors (Lipinski definition) is 0. The first-order chi connectivity index (χ1) is 14.6. The van der Waals surface area contributed by atoms with Gasteiger partial charge in [0.2, 0.25) is 5.65 Å². The third kappa shape index (κ3) is 4.10. The van der Waals surface area contributed by atoms with Gasteiger partial charge < -0.3 is 4.74 Å². The number of benzene rings is 2. The quantitative estimate of drug-likeness (QED) is 0.320. The number of nitrogens with zero attached hydrogens (tertiary/aromatic N) is 4. The number of fused-ring (bicyclic) bond motifs is 1. The van der Waals surface area contributed by atoms with Gasteiger partial charge in [-0.2, -0.15) is 0 Å². The molecule has 2 heterocycles. The Labute approximate surface area is 181 Å². The normalized spacial score (nSPS) is 11.0. The summed E-state index contributed by atoms with van der Waals surface area (Å²) in [5.41, 5.74) is 1.10. The predicted molar refractivity (Wildman–Crippen MR) is 116 cm³/mol. The van der Waals surface area contributed by atoms with E-state index < -0.39 is 0 Å². The van der Waals surface area contributed by atoms with Crippen LogP contribution in [0.2, 0.25) is 5.02 Å². The van der Waals surface area contributed by atoms with E-state index in [0.29, 0.717) is 28.0 Å². The first-order valence-electron chi connectivity index (χ1n) is 9.18. The van der Waals surface area contributed by atoms with Gasteiger partial charge in [-0.05, 0) is 43.3 Å². The third-order valence-corrected chi connectivity index (χ3v) is 5.52. The minimum Gasteiger partial charge on any atom is -0.494 e. The molecule has 0 bridgehead atoms. The van der Waals surface area contributed by atoms with E-state index in [1.54, 1.807) is 53.2 Å². The maximum absolute atomic E-state index is 12.9. The fourth-order valence-electron chi connectivity index (χ4n) is 2.91. The number of halogens is 1. The highest BCUT2D eigenvalue weighted by atomic mass is 35.5. The summed E-state index contributed by atoms with van der Waals surface area (Å²) in [5.74, 6) is 0.811. The molecule has 0 aliphatic heterocycles. The second-order valence-corrected chi connectivity index (χ2v) is 7.68. The van der Waals surface area contributed by atoms with Crippen LogP contribution in [0.25, 0.3) is 11.3 Å². The average molecular weight is 441 g/mol. The molecule has 4 aromatic rings. The second-order valence-electron chi connectivity index (χ2n) is 6.30. The molecule has 4 rings (SSSR count). The van der Waals surface area contributed by atoms with Crippen LogP contribution in [-0.2, 0) is 0 Å². The molecule has 0 N–H and O–H groups in total. The van der Waals surface area contributed by atoms with E-state index in [-0.39, 0.29) is 22.7 Å². The van der Waals surface area contributed by atoms with Crippen LogP contribution in [0, 0.1) is 0 Å². The van der Waals surface area contributed by atoms with E-state index in [9.17, 15) is 9.59 Å². The minimum atomic E-state index is -0.304. The zero-order valence-corrected chi connectivity index (χ0v) is 17.6. The van der Waals surface area contributed by atoms with E-state index in [1.165, 1.54) is 16.3 Å². The Morgan fingerprint density at radius 2 is 1.93 bits per heavy atom. The topological polar surface area (TPSA) is 78.5 Å². The molecule has 2 aromatic heterocycles. The molecule has 0 fully saturated rings. The maximum Gasteiger partial charge on any atom is 0.300 e. The summed E-state index contributed by atoms with van der Waals surface area (Å²) in [6.07, 6.45) is 3.36. The molecule has 0 aliphatic rings. The van der Waals surface area contributed by atoms with Crippen molar-refractivity contribution in [2.24, 2.45) is 0 Å². The van der Waals surface area contributed by atoms with Gasteiger partial charge in [0.1, 0.15) is 5.75 Å². The number of Topliss-reactive ketones (excluding diaryl/α,β-unsaturated/α-hetero) is 1. The Morgan fingerprint density at radius 3 is 2.67 bits per heavy atom. The van der Waals surface area contributed by atoms with Gasteiger partial charge in [0.05, 0.1) is 12.4 Å². The molecular formula is C21H17ClN4O3S. The van der Waals surface area contributed by atoms with Gasteiger partial charge in [-0.25, -0.2) is 0 Å². The van der Waals surface area contributed by atoms with Crippen molar-refractivity contribution in [1.29, 1.82) is 0 Å². The van der Waals surface area contributed by atoms with Crippen LogP contribution in [0.3, 0.4) is 0 Å². The van der Waals surface area contributed by atoms with Gasteiger partial charge in [-0.3, -0.25) is 18.6 Å². The zero-order valence-electron chi connectivity index (χ0n) is 16.0. The summed E-state index contributed by atoms with van der Waals surface area (Å²) in [7, 11) is 0. The number of carbonyl (C=O) groups is 1. The number of carbonyl (C=O) groups excluding carboxylic acids is 1. The van der Waals surface area contributed by atoms with E-state index >= 15 is 0 Å². The van der Waals surface area contributed by atoms with Crippen LogP contribution >= 0.6 is 23.4 Å². The number of aromatic nitrogens is 4. The first-order valence-corrected chi connectivity index (χ1v) is 10.5. The van der Waals surface area contributed by atoms with Crippen molar-refractivity contribution < 1.29 is 9.53 Å². The van der Waals surface area contributed by atoms with E-state index in [0.717, 1.165) is 5.75 Å². The summed E-state index contributed by atoms with van der Waals surface area (Å²) in [6.45, 7) is 2.49. The molecule has 0 saturated heterocycles. The highest BCUT2D eigenvalue weighted by Gasteiger charge is 2.14. The summed E-state index contributed by atoms with van der Waals surface area (Å²) in [5, 5.41) is 9.07. The molecule has 0 spiro atoms. The predicted octanol–water partition coefficient (Wildman–Crippen LogP) is 3.91. The van der Waals surface area contributed by atoms with Crippen molar-refractivity contribution in [2.75, 3.05) is 12.4 Å². The van der Waals surface area contributed by atoms with Crippen LogP contribution in [0.1, 0.15) is 17.3 Å². The zero-order chi connectivity index (χ0) is 21.1. The standard InChI is InChI=1S/C21H17ClN4O3S/c1-2-29-17-8-6-16(7-9-17)25-10-11-26-19(20(25)28)23-24-21(26)30-13-18(27)14-4-3-5-15(22)12-14/h3-12H,2,13H2,1H3. The third-order valence-electron chi connectivity index (χ3n) is 4.34. The highest BCUT2D eigenvalue weighted by Crippen LogP contribution is 2.20. The lowest BCUT2D eigenvalue weighted by Gasteiger charge is -2.08. The molecule has 0 saturated carbocycles. The van der Waals surface area contributed by atoms with Crippen LogP contribution in [-0.4, -0.2) is 37.3 Å². The van der Waals surface area contributed by atoms with Crippen LogP contribution < -0.4 is 10.3 Å². The summed E-state index contributed by atoms with van der Waals surface area (Å²) < 4.78 is 8.51. The average Bonchev–Trinajstić information content (AvgIpc) is 3.17. The molecule has 2 aromatic carbocycles. The van der Waals surface area contributed by atoms with Crippen molar-refractivity contribution in [2.45, 2.75) is 12.1 Å². The van der Waals surface area contributed by atoms with Crippen molar-refractivity contribution in [3.63, 3.8) is 0 Å². The lowest BCUT2D eigenvalue weighted by atomic mass is 10.1. The fourth-order valence-corrected chi connectivity index (χ4v) is 3.91. The summed E-state index contributed by atoms with van der Waals surface area (Å²) >= 11 is 7.16. The number of thioether (sulfide) groups is 1. The van der Waals surface area contributed by atoms with E-state index in [1.807, 2.05) is 19.1 Å². The number of ether oxygens (including phenoxy) is 1. The van der Waals surface area contributed by atoms with Crippen LogP contribution in [0.4, 0.5) is 0 Å². The van der Waals surface area contributed by atoms with Gasteiger partial charge in [-0.1, -0.05) is 35.5 Å². The first kappa shape index (κ1) is 20.2. The van der Waals surface area contributed by atoms with Gasteiger partial charge in [0, 0.05) is 28.7 Å². The molecule has 152 valence electrons. The Kier molecular flexibility index (Phi) is 5.87. The largest absolute Gasteiger partial charge is 0.494 e. The summed E-state index contributed by atoms with van der Waals surface area (Å²) in [4.78, 5) is 25.3. The van der Waals surface area contributed by atoms with Gasteiger partial charge in [-0.15, -0.1) is 10.2 Å². The molecule has 0 radical (unpaired) electrons. The molecule has 9 heteroatoms. The number of hydrogen-bond acceptors (Lipinski definition) is 6. The fraction of sp³-hybridized carbons (Fsp3) is 0.143. The molecule has 0 aliphatic carbocycles. The van der Waals surface area contributed by atoms with Gasteiger partial charge in [0.25, 0.3) is 0 Å². The van der Waals surface area contributed by atoms with Crippen molar-refractivity contribution >= 4 is 34.8 Å². The van der Waals surface area contributed by atoms with Crippen molar-refractivity contribution in [3.8, 4) is 11.4 Å². The molecule has 7 nitrogen and oxygen atoms in total. The van der Waals surface area contributed by atoms with E-state index in [4.69, 9.17) is 16.3 Å². The lowest BCUT2D eigenvalue weighted by Crippen LogP contribution is -2.20. The number of rotatable bonds is 7. The van der Waals surface area contributed by atoms with E-state index in [2.05, 4.69) is 10.2 Å². The van der Waals surface area contributed by atoms with Gasteiger partial charge >= 0.3 is 5.56 Å². The minimum absolute atomic E-state index is 0.0815. The Hall–Kier alpha value is -3.10. The smallest absolute Gasteiger partial charge is 0.300 e. The Balaban J connectivity index is 1.56. The molecule has 0 unspecified atom stereocenters. The van der Waals surface area contributed by atoms with Crippen molar-refractivity contribution in [3.05, 3.63) is 81.9 Å². The van der Waals surface area contributed by atoms with Gasteiger partial charge in [0.15, 0.2) is 10.9 Å². The summed E-state index contributed by atoms with van der Waals surface area (Å²) in [6, 6.07) is 14.0. The molecular weight excluding hydrogens is 424 g/mol. The monoisotopic (exact) mass is 440 g/mol.